The Bertz CT molecular complexity index is 3430. The van der Waals surface area contributed by atoms with E-state index in [1.807, 2.05) is 55.5 Å². The molecule has 21 unspecified atom stereocenters. The molecule has 4 fully saturated rings. The van der Waals surface area contributed by atoms with E-state index in [1.165, 1.54) is 4.78 Å². The van der Waals surface area contributed by atoms with Crippen molar-refractivity contribution < 1.29 is 137 Å². The maximum Gasteiger partial charge on any atom is 0.540 e. The number of hydrazone groups is 2. The Morgan fingerprint density at radius 1 is 0.509 bits per heavy atom. The zero-order chi connectivity index (χ0) is 78.8. The first-order valence-corrected chi connectivity index (χ1v) is 39.8. The van der Waals surface area contributed by atoms with Crippen molar-refractivity contribution >= 4 is 61.3 Å². The van der Waals surface area contributed by atoms with E-state index in [1.54, 1.807) is 108 Å². The molecule has 8 rings (SSSR count). The Morgan fingerprint density at radius 2 is 0.861 bits per heavy atom. The molecule has 38 heteroatoms. The van der Waals surface area contributed by atoms with Gasteiger partial charge in [0, 0.05) is 44.8 Å². The van der Waals surface area contributed by atoms with Gasteiger partial charge in [-0.05, 0) is 143 Å². The Labute approximate surface area is 636 Å². The number of hydrogen-bond donors (Lipinski definition) is 16. The summed E-state index contributed by atoms with van der Waals surface area (Å²) >= 11 is 11.9. The SMILES string of the molecule is CCOc1ccc(/C=N\N(C)[P+](=S)Oc2ccc(/C=N\N(C)P(=S)(Oc3ccc(CCNC(C)(C)C(=O)CCOC4OC(CO)C(O)C(O)C4OC4OC(CO)C(O)C(O)C4O)cc3)Oc3ccc(CCNC(C)(C)C(=O)CCOC4OC(CO)C(O)C(O)C4OC4OC(CO)C(O)C(O)C4O)cc3)cc2)cc1. The average Bonchev–Trinajstić information content (AvgIpc) is 0.784. The number of aliphatic hydroxyl groups is 14. The van der Waals surface area contributed by atoms with Gasteiger partial charge in [-0.3, -0.25) is 14.1 Å². The van der Waals surface area contributed by atoms with Crippen molar-refractivity contribution in [1.82, 2.24) is 20.2 Å². The first-order chi connectivity index (χ1) is 51.3. The number of Topliss-reactive ketones (excluding diaryl/α,β-unsaturated/α-hetero) is 2. The van der Waals surface area contributed by atoms with E-state index < -0.39 is 174 Å². The smallest absolute Gasteiger partial charge is 0.494 e. The molecule has 4 aromatic rings. The number of hydrogen-bond acceptors (Lipinski definition) is 34. The molecule has 600 valence electrons. The maximum atomic E-state index is 13.7. The molecule has 0 aliphatic carbocycles. The van der Waals surface area contributed by atoms with E-state index in [2.05, 4.69) is 15.7 Å². The summed E-state index contributed by atoms with van der Waals surface area (Å²) in [5.41, 5.74) is 1.06. The van der Waals surface area contributed by atoms with Crippen LogP contribution in [-0.4, -0.2) is 312 Å². The van der Waals surface area contributed by atoms with E-state index >= 15 is 0 Å². The van der Waals surface area contributed by atoms with Crippen LogP contribution in [-0.2, 0) is 83.9 Å². The highest BCUT2D eigenvalue weighted by Gasteiger charge is 2.53. The standard InChI is InChI=1S/C70H101N6O28P2S2/c1-8-93-43-17-13-41(14-18-43)33-73-75(6)105(107)102-44-19-15-42(16-20-44)34-74-76(7)106(108,103-45-21-9-39(10-22-45)25-29-71-69(2,3)51(81)27-31-94-67-63(59(89)55(85)49(37-79)98-67)100-65-61(91)57(87)53(83)47(35-77)96-65)104-46-23-11-40(12-24-46)26-30-72-70(4,5)52(82)28-32-95-68-64(60(90)56(86)50(38-80)99-68)101-66-62(92)58(88)54(84)48(36-78)97-66/h9-24,33-34,47-50,53-68,71-72,77-80,83-92H,8,25-32,35-38H2,1-7H3/q+1/b73-33-,74-34-. The number of ether oxygens (including phenoxy) is 9. The van der Waals surface area contributed by atoms with Gasteiger partial charge in [0.25, 0.3) is 0 Å². The fourth-order valence-corrected chi connectivity index (χ4v) is 14.4. The van der Waals surface area contributed by atoms with Crippen LogP contribution >= 0.6 is 13.7 Å². The predicted molar refractivity (Wildman–Crippen MR) is 394 cm³/mol. The molecule has 34 nitrogen and oxygen atoms in total. The zero-order valence-electron chi connectivity index (χ0n) is 60.6. The number of rotatable bonds is 40. The maximum absolute atomic E-state index is 13.7. The number of nitrogens with one attached hydrogen (secondary N) is 2. The van der Waals surface area contributed by atoms with Gasteiger partial charge in [-0.2, -0.15) is 5.10 Å². The molecule has 21 atom stereocenters. The van der Waals surface area contributed by atoms with Crippen LogP contribution in [0.15, 0.2) is 107 Å². The minimum atomic E-state index is -3.60. The second-order valence-electron chi connectivity index (χ2n) is 27.0. The third kappa shape index (κ3) is 23.6. The summed E-state index contributed by atoms with van der Waals surface area (Å²) in [4.78, 5) is 27.3. The second kappa shape index (κ2) is 40.9. The quantitative estimate of drug-likeness (QED) is 0.0142. The van der Waals surface area contributed by atoms with E-state index in [-0.39, 0.29) is 37.6 Å². The number of nitrogens with zero attached hydrogens (tertiary/aromatic N) is 4. The van der Waals surface area contributed by atoms with Gasteiger partial charge in [0.05, 0.1) is 76.8 Å². The summed E-state index contributed by atoms with van der Waals surface area (Å²) in [6.45, 7) is 2.73. The predicted octanol–water partition coefficient (Wildman–Crippen LogP) is -1.13. The fourth-order valence-electron chi connectivity index (χ4n) is 11.6. The number of carbonyl (C=O) groups excluding carboxylic acids is 2. The fraction of sp³-hybridized carbons (Fsp3) is 0.600. The lowest BCUT2D eigenvalue weighted by atomic mass is 9.96. The van der Waals surface area contributed by atoms with Crippen LogP contribution in [0.1, 0.15) is 69.7 Å². The molecule has 4 aromatic carbocycles. The Kier molecular flexibility index (Phi) is 33.3. The first-order valence-electron chi connectivity index (χ1n) is 35.0. The monoisotopic (exact) mass is 1600 g/mol. The molecule has 4 aliphatic heterocycles. The van der Waals surface area contributed by atoms with Gasteiger partial charge in [0.15, 0.2) is 42.5 Å². The van der Waals surface area contributed by atoms with Gasteiger partial charge in [-0.1, -0.05) is 29.0 Å². The van der Waals surface area contributed by atoms with E-state index in [0.717, 1.165) is 22.4 Å². The van der Waals surface area contributed by atoms with Crippen LogP contribution in [0, 0.1) is 0 Å². The topological polar surface area (TPSA) is 483 Å². The van der Waals surface area contributed by atoms with E-state index in [0.29, 0.717) is 55.4 Å². The van der Waals surface area contributed by atoms with Crippen molar-refractivity contribution in [1.29, 1.82) is 0 Å². The molecule has 0 amide bonds. The molecule has 108 heavy (non-hydrogen) atoms. The van der Waals surface area contributed by atoms with Gasteiger partial charge in [0.1, 0.15) is 115 Å². The molecule has 0 bridgehead atoms. The van der Waals surface area contributed by atoms with Crippen molar-refractivity contribution in [3.8, 4) is 23.0 Å². The first kappa shape index (κ1) is 88.1. The minimum absolute atomic E-state index is 0.184. The van der Waals surface area contributed by atoms with Crippen molar-refractivity contribution in [2.75, 3.05) is 73.4 Å². The summed E-state index contributed by atoms with van der Waals surface area (Å²) in [7, 11) is 1.77. The number of ketones is 2. The molecule has 4 aliphatic rings. The van der Waals surface area contributed by atoms with E-state index in [9.17, 15) is 81.1 Å². The van der Waals surface area contributed by atoms with Gasteiger partial charge in [-0.15, -0.1) is 5.10 Å². The van der Waals surface area contributed by atoms with Crippen molar-refractivity contribution in [3.63, 3.8) is 0 Å². The lowest BCUT2D eigenvalue weighted by Crippen LogP contribution is -2.64. The summed E-state index contributed by atoms with van der Waals surface area (Å²) in [5.74, 6) is 1.40. The second-order valence-corrected chi connectivity index (χ2v) is 32.4. The molecule has 4 heterocycles. The summed E-state index contributed by atoms with van der Waals surface area (Å²) in [5, 5.41) is 160. The molecule has 0 saturated carbocycles. The lowest BCUT2D eigenvalue weighted by Gasteiger charge is -2.46. The highest BCUT2D eigenvalue weighted by molar-refractivity contribution is 8.09. The van der Waals surface area contributed by atoms with Crippen LogP contribution < -0.4 is 28.9 Å². The molecule has 0 spiro atoms. The highest BCUT2D eigenvalue weighted by Crippen LogP contribution is 2.52. The number of aliphatic hydroxyl groups excluding tert-OH is 14. The Morgan fingerprint density at radius 3 is 1.24 bits per heavy atom. The third-order valence-electron chi connectivity index (χ3n) is 18.4. The Balaban J connectivity index is 0.871. The van der Waals surface area contributed by atoms with Crippen LogP contribution in [0.3, 0.4) is 0 Å². The zero-order valence-corrected chi connectivity index (χ0v) is 64.0. The van der Waals surface area contributed by atoms with Gasteiger partial charge in [0.2, 0.25) is 11.8 Å². The largest absolute Gasteiger partial charge is 0.540 e. The Hall–Kier alpha value is -5.43. The molecule has 16 N–H and O–H groups in total. The number of benzene rings is 4. The normalized spacial score (nSPS) is 29.8. The summed E-state index contributed by atoms with van der Waals surface area (Å²) in [6, 6.07) is 28.8. The highest BCUT2D eigenvalue weighted by atomic mass is 32.5. The molecule has 0 aromatic heterocycles. The molecular weight excluding hydrogens is 1500 g/mol. The lowest BCUT2D eigenvalue weighted by molar-refractivity contribution is -0.367. The van der Waals surface area contributed by atoms with Gasteiger partial charge in [-0.25, -0.2) is 4.78 Å². The molecule has 4 saturated heterocycles. The average molecular weight is 1600 g/mol. The molecular formula is C70H101N6O28P2S2+. The van der Waals surface area contributed by atoms with Crippen LogP contribution in [0.2, 0.25) is 0 Å². The van der Waals surface area contributed by atoms with Crippen molar-refractivity contribution in [2.45, 2.75) is 194 Å². The van der Waals surface area contributed by atoms with Crippen LogP contribution in [0.4, 0.5) is 0 Å². The van der Waals surface area contributed by atoms with E-state index in [4.69, 9.17) is 84.9 Å². The van der Waals surface area contributed by atoms with Crippen molar-refractivity contribution in [3.05, 3.63) is 119 Å². The van der Waals surface area contributed by atoms with Gasteiger partial charge >= 0.3 is 13.7 Å². The van der Waals surface area contributed by atoms with Crippen LogP contribution in [0.25, 0.3) is 0 Å². The molecule has 0 radical (unpaired) electrons. The number of carbonyl (C=O) groups is 2. The van der Waals surface area contributed by atoms with Gasteiger partial charge < -0.3 is 134 Å². The third-order valence-corrected chi connectivity index (χ3v) is 23.1. The minimum Gasteiger partial charge on any atom is -0.494 e. The van der Waals surface area contributed by atoms with Crippen LogP contribution in [0.5, 0.6) is 23.0 Å². The summed E-state index contributed by atoms with van der Waals surface area (Å²) in [6.07, 6.45) is -29.0. The van der Waals surface area contributed by atoms with Crippen molar-refractivity contribution in [2.24, 2.45) is 10.2 Å². The summed E-state index contributed by atoms with van der Waals surface area (Å²) < 4.78 is 73.1.